The van der Waals surface area contributed by atoms with Gasteiger partial charge in [-0.05, 0) is 18.6 Å². The molecule has 2 N–H and O–H groups in total. The minimum atomic E-state index is -0.688. The van der Waals surface area contributed by atoms with E-state index in [1.807, 2.05) is 6.92 Å². The Balaban J connectivity index is 0.000000304. The van der Waals surface area contributed by atoms with Gasteiger partial charge in [0.25, 0.3) is 0 Å². The number of methoxy groups -OCH3 is 1. The van der Waals surface area contributed by atoms with E-state index in [9.17, 15) is 4.79 Å². The predicted molar refractivity (Wildman–Crippen MR) is 66.4 cm³/mol. The van der Waals surface area contributed by atoms with E-state index in [2.05, 4.69) is 0 Å². The van der Waals surface area contributed by atoms with Crippen LogP contribution in [0.2, 0.25) is 0 Å². The van der Waals surface area contributed by atoms with E-state index in [1.54, 1.807) is 31.2 Å². The molecule has 0 saturated heterocycles. The van der Waals surface area contributed by atoms with Crippen LogP contribution in [0.3, 0.4) is 0 Å². The summed E-state index contributed by atoms with van der Waals surface area (Å²) in [5.41, 5.74) is 0. The summed E-state index contributed by atoms with van der Waals surface area (Å²) in [7, 11) is 1.52. The van der Waals surface area contributed by atoms with Crippen molar-refractivity contribution in [1.82, 2.24) is 0 Å². The van der Waals surface area contributed by atoms with E-state index in [0.29, 0.717) is 5.75 Å². The molecule has 0 aliphatic rings. The number of hydrogen-bond acceptors (Lipinski definition) is 3. The van der Waals surface area contributed by atoms with E-state index in [4.69, 9.17) is 14.9 Å². The second-order valence-corrected chi connectivity index (χ2v) is 3.70. The molecule has 1 atom stereocenters. The maximum absolute atomic E-state index is 10.1. The summed E-state index contributed by atoms with van der Waals surface area (Å²) in [5, 5.41) is 17.3. The second kappa shape index (κ2) is 8.44. The molecule has 1 rings (SSSR count). The number of carboxylic acid groups (broad SMARTS) is 1. The highest BCUT2D eigenvalue weighted by atomic mass is 16.5. The van der Waals surface area contributed by atoms with Crippen molar-refractivity contribution in [3.63, 3.8) is 0 Å². The van der Waals surface area contributed by atoms with E-state index >= 15 is 0 Å². The first-order chi connectivity index (χ1) is 8.02. The van der Waals surface area contributed by atoms with Crippen molar-refractivity contribution in [1.29, 1.82) is 0 Å². The number of aromatic hydroxyl groups is 1. The lowest BCUT2D eigenvalue weighted by atomic mass is 10.1. The van der Waals surface area contributed by atoms with Gasteiger partial charge in [0.05, 0.1) is 13.0 Å². The lowest BCUT2D eigenvalue weighted by molar-refractivity contribution is -0.141. The van der Waals surface area contributed by atoms with Crippen molar-refractivity contribution in [3.8, 4) is 11.5 Å². The molecule has 0 fully saturated rings. The van der Waals surface area contributed by atoms with Crippen LogP contribution in [0.15, 0.2) is 24.3 Å². The number of benzene rings is 1. The molecule has 0 aliphatic heterocycles. The van der Waals surface area contributed by atoms with Crippen LogP contribution in [-0.2, 0) is 4.79 Å². The quantitative estimate of drug-likeness (QED) is 0.849. The van der Waals surface area contributed by atoms with Gasteiger partial charge in [-0.25, -0.2) is 0 Å². The average Bonchev–Trinajstić information content (AvgIpc) is 2.31. The van der Waals surface area contributed by atoms with Crippen LogP contribution < -0.4 is 4.74 Å². The van der Waals surface area contributed by atoms with Crippen LogP contribution in [-0.4, -0.2) is 23.3 Å². The molecule has 96 valence electrons. The van der Waals surface area contributed by atoms with Crippen LogP contribution in [0.5, 0.6) is 11.5 Å². The molecule has 1 aromatic carbocycles. The standard InChI is InChI=1S/C7H8O2.C6H12O2/c1-9-7-5-3-2-4-6(7)8;1-3-4-5(2)6(7)8/h2-5,8H,1H3;5H,3-4H2,1-2H3,(H,7,8). The highest BCUT2D eigenvalue weighted by Crippen LogP contribution is 2.22. The van der Waals surface area contributed by atoms with Gasteiger partial charge in [-0.2, -0.15) is 0 Å². The van der Waals surface area contributed by atoms with Gasteiger partial charge in [-0.15, -0.1) is 0 Å². The zero-order chi connectivity index (χ0) is 13.3. The lowest BCUT2D eigenvalue weighted by Gasteiger charge is -2.00. The fraction of sp³-hybridized carbons (Fsp3) is 0.462. The first kappa shape index (κ1) is 15.3. The lowest BCUT2D eigenvalue weighted by Crippen LogP contribution is -2.08. The number of aliphatic carboxylic acids is 1. The van der Waals surface area contributed by atoms with Gasteiger partial charge in [-0.3, -0.25) is 4.79 Å². The normalized spacial score (nSPS) is 11.0. The first-order valence-corrected chi connectivity index (χ1v) is 5.57. The molecular weight excluding hydrogens is 220 g/mol. The van der Waals surface area contributed by atoms with E-state index in [0.717, 1.165) is 12.8 Å². The summed E-state index contributed by atoms with van der Waals surface area (Å²) in [6.45, 7) is 3.71. The molecule has 1 unspecified atom stereocenters. The molecule has 0 aliphatic carbocycles. The number of rotatable bonds is 4. The largest absolute Gasteiger partial charge is 0.504 e. The molecule has 0 amide bonds. The molecule has 0 heterocycles. The second-order valence-electron chi connectivity index (χ2n) is 3.70. The summed E-state index contributed by atoms with van der Waals surface area (Å²) in [6.07, 6.45) is 1.74. The monoisotopic (exact) mass is 240 g/mol. The van der Waals surface area contributed by atoms with Gasteiger partial charge < -0.3 is 14.9 Å². The Labute approximate surface area is 102 Å². The Bertz CT molecular complexity index is 336. The summed E-state index contributed by atoms with van der Waals surface area (Å²) < 4.78 is 4.79. The average molecular weight is 240 g/mol. The van der Waals surface area contributed by atoms with Crippen molar-refractivity contribution >= 4 is 5.97 Å². The smallest absolute Gasteiger partial charge is 0.306 e. The molecule has 0 spiro atoms. The van der Waals surface area contributed by atoms with Gasteiger partial charge in [0.15, 0.2) is 11.5 Å². The molecule has 17 heavy (non-hydrogen) atoms. The van der Waals surface area contributed by atoms with Gasteiger partial charge in [0.2, 0.25) is 0 Å². The minimum Gasteiger partial charge on any atom is -0.504 e. The zero-order valence-corrected chi connectivity index (χ0v) is 10.5. The number of para-hydroxylation sites is 2. The van der Waals surface area contributed by atoms with Gasteiger partial charge in [-0.1, -0.05) is 32.4 Å². The number of phenols is 1. The molecule has 0 aromatic heterocycles. The topological polar surface area (TPSA) is 66.8 Å². The van der Waals surface area contributed by atoms with Crippen molar-refractivity contribution < 1.29 is 19.7 Å². The maximum atomic E-state index is 10.1. The number of phenolic OH excluding ortho intramolecular Hbond substituents is 1. The third-order valence-electron chi connectivity index (χ3n) is 2.23. The molecule has 4 heteroatoms. The first-order valence-electron chi connectivity index (χ1n) is 5.57. The van der Waals surface area contributed by atoms with Crippen molar-refractivity contribution in [2.45, 2.75) is 26.7 Å². The van der Waals surface area contributed by atoms with Crippen LogP contribution in [0.1, 0.15) is 26.7 Å². The molecule has 0 radical (unpaired) electrons. The third-order valence-corrected chi connectivity index (χ3v) is 2.23. The highest BCUT2D eigenvalue weighted by Gasteiger charge is 2.07. The highest BCUT2D eigenvalue weighted by molar-refractivity contribution is 5.69. The summed E-state index contributed by atoms with van der Waals surface area (Å²) in [6, 6.07) is 6.84. The Morgan fingerprint density at radius 1 is 1.41 bits per heavy atom. The van der Waals surface area contributed by atoms with Crippen LogP contribution in [0, 0.1) is 5.92 Å². The van der Waals surface area contributed by atoms with Crippen LogP contribution in [0.4, 0.5) is 0 Å². The third kappa shape index (κ3) is 6.45. The summed E-state index contributed by atoms with van der Waals surface area (Å²) in [5.74, 6) is -0.163. The fourth-order valence-corrected chi connectivity index (χ4v) is 1.19. The number of carbonyl (C=O) groups is 1. The minimum absolute atomic E-state index is 0.167. The maximum Gasteiger partial charge on any atom is 0.306 e. The summed E-state index contributed by atoms with van der Waals surface area (Å²) >= 11 is 0. The Kier molecular flexibility index (Phi) is 7.59. The van der Waals surface area contributed by atoms with Crippen molar-refractivity contribution in [2.24, 2.45) is 5.92 Å². The number of hydrogen-bond donors (Lipinski definition) is 2. The number of carboxylic acids is 1. The Morgan fingerprint density at radius 2 is 2.00 bits per heavy atom. The van der Waals surface area contributed by atoms with E-state index in [-0.39, 0.29) is 11.7 Å². The fourth-order valence-electron chi connectivity index (χ4n) is 1.19. The SMILES string of the molecule is CCCC(C)C(=O)O.COc1ccccc1O. The Hall–Kier alpha value is -1.71. The molecule has 4 nitrogen and oxygen atoms in total. The van der Waals surface area contributed by atoms with E-state index < -0.39 is 5.97 Å². The van der Waals surface area contributed by atoms with Crippen molar-refractivity contribution in [2.75, 3.05) is 7.11 Å². The molecule has 0 saturated carbocycles. The Morgan fingerprint density at radius 3 is 2.29 bits per heavy atom. The molecular formula is C13H20O4. The predicted octanol–water partition coefficient (Wildman–Crippen LogP) is 2.91. The van der Waals surface area contributed by atoms with Gasteiger partial charge in [0, 0.05) is 0 Å². The summed E-state index contributed by atoms with van der Waals surface area (Å²) in [4.78, 5) is 10.1. The van der Waals surface area contributed by atoms with Crippen LogP contribution in [0.25, 0.3) is 0 Å². The van der Waals surface area contributed by atoms with Gasteiger partial charge in [0.1, 0.15) is 0 Å². The van der Waals surface area contributed by atoms with E-state index in [1.165, 1.54) is 7.11 Å². The molecule has 1 aromatic rings. The van der Waals surface area contributed by atoms with Crippen LogP contribution >= 0.6 is 0 Å². The van der Waals surface area contributed by atoms with Gasteiger partial charge >= 0.3 is 5.97 Å². The number of ether oxygens (including phenoxy) is 1. The zero-order valence-electron chi connectivity index (χ0n) is 10.5. The molecule has 0 bridgehead atoms. The van der Waals surface area contributed by atoms with Crippen molar-refractivity contribution in [3.05, 3.63) is 24.3 Å².